The van der Waals surface area contributed by atoms with Crippen LogP contribution in [0, 0.1) is 0 Å². The molecule has 3 aromatic heterocycles. The van der Waals surface area contributed by atoms with Crippen LogP contribution in [0.4, 0.5) is 5.13 Å². The van der Waals surface area contributed by atoms with E-state index < -0.39 is 0 Å². The van der Waals surface area contributed by atoms with Crippen LogP contribution >= 0.6 is 22.7 Å². The van der Waals surface area contributed by atoms with E-state index in [4.69, 9.17) is 0 Å². The minimum absolute atomic E-state index is 0.0920. The van der Waals surface area contributed by atoms with Crippen LogP contribution in [0.5, 0.6) is 0 Å². The van der Waals surface area contributed by atoms with E-state index in [0.29, 0.717) is 15.3 Å². The smallest absolute Gasteiger partial charge is 0.262 e. The van der Waals surface area contributed by atoms with Crippen molar-refractivity contribution < 1.29 is 4.79 Å². The van der Waals surface area contributed by atoms with Gasteiger partial charge < -0.3 is 5.32 Å². The van der Waals surface area contributed by atoms with Crippen molar-refractivity contribution in [2.75, 3.05) is 5.32 Å². The minimum atomic E-state index is -0.302. The van der Waals surface area contributed by atoms with E-state index in [1.165, 1.54) is 39.1 Å². The predicted octanol–water partition coefficient (Wildman–Crippen LogP) is 3.14. The molecule has 1 aromatic carbocycles. The Kier molecular flexibility index (Phi) is 4.59. The number of anilines is 1. The zero-order chi connectivity index (χ0) is 17.9. The monoisotopic (exact) mass is 382 g/mol. The average molecular weight is 382 g/mol. The molecule has 1 amide bonds. The number of nitrogens with one attached hydrogen (secondary N) is 1. The quantitative estimate of drug-likeness (QED) is 0.575. The van der Waals surface area contributed by atoms with E-state index in [1.807, 2.05) is 23.6 Å². The minimum Gasteiger partial charge on any atom is -0.300 e. The summed E-state index contributed by atoms with van der Waals surface area (Å²) in [5, 5.41) is 5.62. The number of nitrogens with zero attached hydrogens (tertiary/aromatic N) is 3. The van der Waals surface area contributed by atoms with Crippen molar-refractivity contribution in [3.8, 4) is 0 Å². The molecule has 0 saturated carbocycles. The molecule has 0 bridgehead atoms. The number of thiazole rings is 1. The number of carbonyl (C=O) groups excluding carboxylic acids is 1. The van der Waals surface area contributed by atoms with Gasteiger partial charge in [0.25, 0.3) is 5.56 Å². The molecule has 6 nitrogen and oxygen atoms in total. The molecule has 0 aliphatic rings. The highest BCUT2D eigenvalue weighted by molar-refractivity contribution is 7.16. The lowest BCUT2D eigenvalue weighted by Gasteiger charge is -2.04. The summed E-state index contributed by atoms with van der Waals surface area (Å²) in [5.41, 5.74) is 0.978. The third kappa shape index (κ3) is 3.56. The third-order valence-corrected chi connectivity index (χ3v) is 5.52. The number of fused-ring (bicyclic) bond motifs is 1. The maximum Gasteiger partial charge on any atom is 0.262 e. The second-order valence-electron chi connectivity index (χ2n) is 5.66. The summed E-state index contributed by atoms with van der Waals surface area (Å²) >= 11 is 2.83. The highest BCUT2D eigenvalue weighted by Gasteiger charge is 2.11. The molecule has 4 rings (SSSR count). The molecule has 0 saturated heterocycles. The molecule has 0 aliphatic carbocycles. The third-order valence-electron chi connectivity index (χ3n) is 3.79. The van der Waals surface area contributed by atoms with Gasteiger partial charge in [0.1, 0.15) is 11.4 Å². The highest BCUT2D eigenvalue weighted by atomic mass is 32.1. The van der Waals surface area contributed by atoms with Crippen LogP contribution in [0.2, 0.25) is 0 Å². The van der Waals surface area contributed by atoms with Gasteiger partial charge in [0, 0.05) is 17.5 Å². The first kappa shape index (κ1) is 16.6. The van der Waals surface area contributed by atoms with Crippen LogP contribution in [-0.2, 0) is 17.8 Å². The molecule has 130 valence electrons. The lowest BCUT2D eigenvalue weighted by atomic mass is 10.1. The summed E-state index contributed by atoms with van der Waals surface area (Å²) in [6.45, 7) is -0.0920. The van der Waals surface area contributed by atoms with Gasteiger partial charge in [0.15, 0.2) is 5.13 Å². The fourth-order valence-corrected chi connectivity index (χ4v) is 4.15. The largest absolute Gasteiger partial charge is 0.300 e. The number of rotatable bonds is 5. The van der Waals surface area contributed by atoms with Crippen molar-refractivity contribution in [3.63, 3.8) is 0 Å². The van der Waals surface area contributed by atoms with Gasteiger partial charge >= 0.3 is 0 Å². The Morgan fingerprint density at radius 1 is 1.15 bits per heavy atom. The zero-order valence-electron chi connectivity index (χ0n) is 13.6. The van der Waals surface area contributed by atoms with Crippen LogP contribution in [-0.4, -0.2) is 20.4 Å². The van der Waals surface area contributed by atoms with Crippen molar-refractivity contribution in [1.29, 1.82) is 0 Å². The molecule has 3 heterocycles. The SMILES string of the molecule is O=C(Cn1cnc2sccc2c1=O)Nc1ncc(Cc2ccccc2)s1. The second-order valence-corrected chi connectivity index (χ2v) is 7.67. The fourth-order valence-electron chi connectivity index (χ4n) is 2.56. The maximum absolute atomic E-state index is 12.3. The zero-order valence-corrected chi connectivity index (χ0v) is 15.2. The molecular formula is C18H14N4O2S2. The summed E-state index contributed by atoms with van der Waals surface area (Å²) in [7, 11) is 0. The number of thiophene rings is 1. The molecule has 0 atom stereocenters. The number of amides is 1. The molecule has 4 aromatic rings. The summed E-state index contributed by atoms with van der Waals surface area (Å²) in [4.78, 5) is 34.8. The van der Waals surface area contributed by atoms with Crippen molar-refractivity contribution >= 4 is 43.9 Å². The van der Waals surface area contributed by atoms with E-state index in [1.54, 1.807) is 12.3 Å². The Morgan fingerprint density at radius 2 is 2.00 bits per heavy atom. The topological polar surface area (TPSA) is 76.9 Å². The van der Waals surface area contributed by atoms with E-state index in [9.17, 15) is 9.59 Å². The number of hydrogen-bond acceptors (Lipinski definition) is 6. The maximum atomic E-state index is 12.3. The Balaban J connectivity index is 1.43. The van der Waals surface area contributed by atoms with E-state index >= 15 is 0 Å². The summed E-state index contributed by atoms with van der Waals surface area (Å²) in [6, 6.07) is 11.8. The van der Waals surface area contributed by atoms with Crippen LogP contribution in [0.3, 0.4) is 0 Å². The van der Waals surface area contributed by atoms with Crippen LogP contribution in [0.15, 0.2) is 59.1 Å². The average Bonchev–Trinajstić information content (AvgIpc) is 3.28. The number of carbonyl (C=O) groups is 1. The highest BCUT2D eigenvalue weighted by Crippen LogP contribution is 2.21. The number of aromatic nitrogens is 3. The first-order valence-electron chi connectivity index (χ1n) is 7.90. The first-order chi connectivity index (χ1) is 12.7. The molecule has 26 heavy (non-hydrogen) atoms. The standard InChI is InChI=1S/C18H14N4O2S2/c23-15(10-22-11-20-16-14(17(22)24)6-7-25-16)21-18-19-9-13(26-18)8-12-4-2-1-3-5-12/h1-7,9,11H,8,10H2,(H,19,21,23). The van der Waals surface area contributed by atoms with Gasteiger partial charge in [0.2, 0.25) is 5.91 Å². The van der Waals surface area contributed by atoms with E-state index in [-0.39, 0.29) is 18.0 Å². The van der Waals surface area contributed by atoms with Crippen molar-refractivity contribution in [1.82, 2.24) is 14.5 Å². The molecule has 0 fully saturated rings. The fraction of sp³-hybridized carbons (Fsp3) is 0.111. The van der Waals surface area contributed by atoms with Crippen LogP contribution < -0.4 is 10.9 Å². The normalized spacial score (nSPS) is 10.9. The second kappa shape index (κ2) is 7.19. The van der Waals surface area contributed by atoms with E-state index in [2.05, 4.69) is 27.4 Å². The predicted molar refractivity (Wildman–Crippen MR) is 104 cm³/mol. The van der Waals surface area contributed by atoms with Crippen molar-refractivity contribution in [2.24, 2.45) is 0 Å². The van der Waals surface area contributed by atoms with Gasteiger partial charge in [-0.1, -0.05) is 30.3 Å². The Labute approximate surface area is 156 Å². The molecular weight excluding hydrogens is 368 g/mol. The summed E-state index contributed by atoms with van der Waals surface area (Å²) in [5.74, 6) is -0.302. The van der Waals surface area contributed by atoms with Gasteiger partial charge in [-0.25, -0.2) is 9.97 Å². The molecule has 0 unspecified atom stereocenters. The molecule has 1 N–H and O–H groups in total. The lowest BCUT2D eigenvalue weighted by molar-refractivity contribution is -0.116. The summed E-state index contributed by atoms with van der Waals surface area (Å²) in [6.07, 6.45) is 3.94. The molecule has 0 aliphatic heterocycles. The Bertz CT molecular complexity index is 1110. The number of hydrogen-bond donors (Lipinski definition) is 1. The van der Waals surface area contributed by atoms with Gasteiger partial charge in [-0.3, -0.25) is 14.2 Å². The van der Waals surface area contributed by atoms with Gasteiger partial charge in [-0.2, -0.15) is 0 Å². The van der Waals surface area contributed by atoms with Crippen molar-refractivity contribution in [2.45, 2.75) is 13.0 Å². The van der Waals surface area contributed by atoms with Gasteiger partial charge in [0.05, 0.1) is 11.7 Å². The number of benzene rings is 1. The molecule has 0 radical (unpaired) electrons. The van der Waals surface area contributed by atoms with Gasteiger partial charge in [-0.05, 0) is 17.0 Å². The molecule has 8 heteroatoms. The van der Waals surface area contributed by atoms with Crippen LogP contribution in [0.1, 0.15) is 10.4 Å². The van der Waals surface area contributed by atoms with Crippen molar-refractivity contribution in [3.05, 3.63) is 75.1 Å². The van der Waals surface area contributed by atoms with Gasteiger partial charge in [-0.15, -0.1) is 22.7 Å². The molecule has 0 spiro atoms. The Hall–Kier alpha value is -2.84. The van der Waals surface area contributed by atoms with Crippen LogP contribution in [0.25, 0.3) is 10.2 Å². The van der Waals surface area contributed by atoms with E-state index in [0.717, 1.165) is 11.3 Å². The first-order valence-corrected chi connectivity index (χ1v) is 9.60. The Morgan fingerprint density at radius 3 is 2.85 bits per heavy atom. The summed E-state index contributed by atoms with van der Waals surface area (Å²) < 4.78 is 1.31. The lowest BCUT2D eigenvalue weighted by Crippen LogP contribution is -2.27.